The minimum atomic E-state index is -1.09. The van der Waals surface area contributed by atoms with Gasteiger partial charge in [0.2, 0.25) is 5.91 Å². The molecule has 0 saturated carbocycles. The molecular formula is C30H33N3O7. The zero-order valence-corrected chi connectivity index (χ0v) is 22.7. The highest BCUT2D eigenvalue weighted by Gasteiger charge is 2.27. The molecule has 0 saturated heterocycles. The zero-order chi connectivity index (χ0) is 29.3. The Morgan fingerprint density at radius 1 is 0.950 bits per heavy atom. The van der Waals surface area contributed by atoms with Crippen LogP contribution in [0.4, 0.5) is 21.0 Å². The summed E-state index contributed by atoms with van der Waals surface area (Å²) < 4.78 is 10.5. The van der Waals surface area contributed by atoms with Crippen molar-refractivity contribution >= 4 is 35.4 Å². The lowest BCUT2D eigenvalue weighted by Crippen LogP contribution is -2.39. The van der Waals surface area contributed by atoms with Crippen LogP contribution in [0.15, 0.2) is 78.9 Å². The first kappa shape index (κ1) is 29.7. The van der Waals surface area contributed by atoms with Crippen molar-refractivity contribution in [3.63, 3.8) is 0 Å². The van der Waals surface area contributed by atoms with Crippen LogP contribution in [0, 0.1) is 0 Å². The molecule has 3 aromatic carbocycles. The number of aliphatic carboxylic acids is 1. The number of ether oxygens (including phenoxy) is 2. The lowest BCUT2D eigenvalue weighted by molar-refractivity contribution is -0.135. The van der Waals surface area contributed by atoms with Gasteiger partial charge in [0.25, 0.3) is 0 Å². The quantitative estimate of drug-likeness (QED) is 0.443. The summed E-state index contributed by atoms with van der Waals surface area (Å²) >= 11 is 0. The molecular weight excluding hydrogens is 514 g/mol. The van der Waals surface area contributed by atoms with Crippen LogP contribution in [0.1, 0.15) is 42.3 Å². The molecule has 4 rings (SSSR count). The predicted molar refractivity (Wildman–Crippen MR) is 150 cm³/mol. The van der Waals surface area contributed by atoms with E-state index in [0.717, 1.165) is 22.4 Å². The van der Waals surface area contributed by atoms with Crippen molar-refractivity contribution in [3.05, 3.63) is 95.6 Å². The highest BCUT2D eigenvalue weighted by atomic mass is 16.6. The lowest BCUT2D eigenvalue weighted by atomic mass is 10.1. The van der Waals surface area contributed by atoms with Crippen molar-refractivity contribution in [2.75, 3.05) is 22.9 Å². The highest BCUT2D eigenvalue weighted by Crippen LogP contribution is 2.29. The number of fused-ring (bicyclic) bond motifs is 1. The Hall–Kier alpha value is -4.86. The van der Waals surface area contributed by atoms with Gasteiger partial charge in [-0.1, -0.05) is 54.6 Å². The monoisotopic (exact) mass is 547 g/mol. The lowest BCUT2D eigenvalue weighted by Gasteiger charge is -2.26. The number of hydrogen-bond acceptors (Lipinski definition) is 6. The minimum Gasteiger partial charge on any atom is -0.480 e. The standard InChI is InChI=1S/C17H16N2O3.C13H17NO4/c18-16(20)14-7-6-13-8-9-19(15(13)10-14)17(21)22-11-12-4-2-1-3-5-12;1-13(2,3)18-12(17)14(9-11(15)16)10-7-5-4-6-8-10/h1-7,10H,8-9,11H2,(H2,18,20);4-8H,9H2,1-3H3,(H,15,16). The molecule has 1 aliphatic heterocycles. The summed E-state index contributed by atoms with van der Waals surface area (Å²) in [5.41, 5.74) is 8.16. The number of amides is 3. The maximum absolute atomic E-state index is 12.3. The Morgan fingerprint density at radius 3 is 2.15 bits per heavy atom. The van der Waals surface area contributed by atoms with E-state index in [-0.39, 0.29) is 6.61 Å². The van der Waals surface area contributed by atoms with E-state index in [9.17, 15) is 19.2 Å². The molecule has 0 bridgehead atoms. The fourth-order valence-corrected chi connectivity index (χ4v) is 3.84. The molecule has 0 unspecified atom stereocenters. The number of benzene rings is 3. The second kappa shape index (κ2) is 13.3. The Morgan fingerprint density at radius 2 is 1.57 bits per heavy atom. The Kier molecular flexibility index (Phi) is 9.86. The molecule has 1 aliphatic rings. The van der Waals surface area contributed by atoms with Crippen molar-refractivity contribution in [2.24, 2.45) is 5.73 Å². The molecule has 0 radical (unpaired) electrons. The Bertz CT molecular complexity index is 1340. The summed E-state index contributed by atoms with van der Waals surface area (Å²) in [6.07, 6.45) is -0.338. The largest absolute Gasteiger partial charge is 0.480 e. The first-order chi connectivity index (χ1) is 18.9. The molecule has 0 aliphatic carbocycles. The topological polar surface area (TPSA) is 139 Å². The summed E-state index contributed by atoms with van der Waals surface area (Å²) in [5.74, 6) is -1.60. The molecule has 0 fully saturated rings. The van der Waals surface area contributed by atoms with Crippen LogP contribution in [0.3, 0.4) is 0 Å². The Labute approximate surface area is 232 Å². The van der Waals surface area contributed by atoms with Crippen molar-refractivity contribution in [1.29, 1.82) is 0 Å². The van der Waals surface area contributed by atoms with Crippen LogP contribution in [0.5, 0.6) is 0 Å². The number of rotatable bonds is 6. The number of para-hydroxylation sites is 1. The number of hydrogen-bond donors (Lipinski definition) is 2. The second-order valence-corrected chi connectivity index (χ2v) is 9.95. The van der Waals surface area contributed by atoms with Gasteiger partial charge in [0.1, 0.15) is 18.8 Å². The molecule has 40 heavy (non-hydrogen) atoms. The molecule has 1 heterocycles. The molecule has 0 aromatic heterocycles. The summed E-state index contributed by atoms with van der Waals surface area (Å²) in [6.45, 7) is 5.53. The fourth-order valence-electron chi connectivity index (χ4n) is 3.84. The number of carbonyl (C=O) groups excluding carboxylic acids is 3. The van der Waals surface area contributed by atoms with E-state index in [1.165, 1.54) is 0 Å². The third-order valence-electron chi connectivity index (χ3n) is 5.67. The number of primary amides is 1. The second-order valence-electron chi connectivity index (χ2n) is 9.95. The third kappa shape index (κ3) is 8.59. The van der Waals surface area contributed by atoms with E-state index >= 15 is 0 Å². The summed E-state index contributed by atoms with van der Waals surface area (Å²) in [6, 6.07) is 23.2. The van der Waals surface area contributed by atoms with Gasteiger partial charge < -0.3 is 20.3 Å². The number of anilines is 2. The normalized spacial score (nSPS) is 11.9. The van der Waals surface area contributed by atoms with E-state index in [0.29, 0.717) is 23.5 Å². The average Bonchev–Trinajstić information content (AvgIpc) is 3.34. The van der Waals surface area contributed by atoms with Gasteiger partial charge >= 0.3 is 18.2 Å². The van der Waals surface area contributed by atoms with Gasteiger partial charge in [-0.3, -0.25) is 19.4 Å². The zero-order valence-electron chi connectivity index (χ0n) is 22.7. The number of nitrogens with zero attached hydrogens (tertiary/aromatic N) is 2. The molecule has 0 spiro atoms. The van der Waals surface area contributed by atoms with Gasteiger partial charge in [0, 0.05) is 17.8 Å². The van der Waals surface area contributed by atoms with Gasteiger partial charge in [-0.05, 0) is 62.6 Å². The predicted octanol–water partition coefficient (Wildman–Crippen LogP) is 5.00. The number of carboxylic acids is 1. The van der Waals surface area contributed by atoms with E-state index in [1.54, 1.807) is 68.1 Å². The molecule has 10 nitrogen and oxygen atoms in total. The maximum atomic E-state index is 12.3. The minimum absolute atomic E-state index is 0.223. The van der Waals surface area contributed by atoms with Crippen LogP contribution >= 0.6 is 0 Å². The van der Waals surface area contributed by atoms with Crippen molar-refractivity contribution in [3.8, 4) is 0 Å². The van der Waals surface area contributed by atoms with E-state index < -0.39 is 36.2 Å². The van der Waals surface area contributed by atoms with Gasteiger partial charge in [0.05, 0.1) is 5.69 Å². The SMILES string of the molecule is CC(C)(C)OC(=O)N(CC(=O)O)c1ccccc1.NC(=O)c1ccc2c(c1)N(C(=O)OCc1ccccc1)CC2. The maximum Gasteiger partial charge on any atom is 0.415 e. The molecule has 3 aromatic rings. The molecule has 10 heteroatoms. The van der Waals surface area contributed by atoms with Crippen LogP contribution < -0.4 is 15.5 Å². The smallest absolute Gasteiger partial charge is 0.415 e. The van der Waals surface area contributed by atoms with Gasteiger partial charge in [-0.2, -0.15) is 0 Å². The fraction of sp³-hybridized carbons (Fsp3) is 0.267. The summed E-state index contributed by atoms with van der Waals surface area (Å²) in [7, 11) is 0. The van der Waals surface area contributed by atoms with Gasteiger partial charge in [-0.25, -0.2) is 9.59 Å². The number of carbonyl (C=O) groups is 4. The van der Waals surface area contributed by atoms with E-state index in [2.05, 4.69) is 0 Å². The first-order valence-corrected chi connectivity index (χ1v) is 12.6. The van der Waals surface area contributed by atoms with Gasteiger partial charge in [0.15, 0.2) is 0 Å². The van der Waals surface area contributed by atoms with Crippen LogP contribution in [0.25, 0.3) is 0 Å². The summed E-state index contributed by atoms with van der Waals surface area (Å²) in [5, 5.41) is 8.84. The molecule has 210 valence electrons. The van der Waals surface area contributed by atoms with Crippen molar-refractivity contribution in [2.45, 2.75) is 39.4 Å². The van der Waals surface area contributed by atoms with E-state index in [1.807, 2.05) is 36.4 Å². The van der Waals surface area contributed by atoms with E-state index in [4.69, 9.17) is 20.3 Å². The van der Waals surface area contributed by atoms with Crippen LogP contribution in [0.2, 0.25) is 0 Å². The van der Waals surface area contributed by atoms with Crippen molar-refractivity contribution in [1.82, 2.24) is 0 Å². The summed E-state index contributed by atoms with van der Waals surface area (Å²) in [4.78, 5) is 48.9. The molecule has 0 atom stereocenters. The van der Waals surface area contributed by atoms with Crippen LogP contribution in [-0.4, -0.2) is 47.9 Å². The molecule has 3 N–H and O–H groups in total. The third-order valence-corrected chi connectivity index (χ3v) is 5.67. The van der Waals surface area contributed by atoms with Gasteiger partial charge in [-0.15, -0.1) is 0 Å². The number of carboxylic acid groups (broad SMARTS) is 1. The average molecular weight is 548 g/mol. The van der Waals surface area contributed by atoms with Crippen LogP contribution in [-0.2, 0) is 27.3 Å². The first-order valence-electron chi connectivity index (χ1n) is 12.6. The highest BCUT2D eigenvalue weighted by molar-refractivity contribution is 5.97. The van der Waals surface area contributed by atoms with Crippen molar-refractivity contribution < 1.29 is 33.8 Å². The Balaban J connectivity index is 0.000000226. The number of nitrogens with two attached hydrogens (primary N) is 1. The molecule has 3 amide bonds.